The summed E-state index contributed by atoms with van der Waals surface area (Å²) in [6.45, 7) is 2.62. The lowest BCUT2D eigenvalue weighted by atomic mass is 9.87. The fourth-order valence-electron chi connectivity index (χ4n) is 5.54. The highest BCUT2D eigenvalue weighted by Gasteiger charge is 2.36. The number of nitrogens with one attached hydrogen (secondary N) is 1. The molecule has 0 radical (unpaired) electrons. The van der Waals surface area contributed by atoms with Crippen LogP contribution in [0.25, 0.3) is 0 Å². The van der Waals surface area contributed by atoms with E-state index >= 15 is 0 Å². The summed E-state index contributed by atoms with van der Waals surface area (Å²) in [6, 6.07) is 22.1. The van der Waals surface area contributed by atoms with Crippen molar-refractivity contribution in [3.8, 4) is 5.75 Å². The quantitative estimate of drug-likeness (QED) is 0.461. The molecule has 37 heavy (non-hydrogen) atoms. The summed E-state index contributed by atoms with van der Waals surface area (Å²) in [7, 11) is 0. The van der Waals surface area contributed by atoms with Crippen LogP contribution in [-0.4, -0.2) is 29.4 Å². The second-order valence-corrected chi connectivity index (χ2v) is 10.0. The van der Waals surface area contributed by atoms with Crippen LogP contribution in [0.1, 0.15) is 60.9 Å². The molecule has 1 heterocycles. The minimum atomic E-state index is -0.735. The van der Waals surface area contributed by atoms with Crippen LogP contribution >= 0.6 is 0 Å². The number of rotatable bonds is 7. The summed E-state index contributed by atoms with van der Waals surface area (Å²) in [5.41, 5.74) is 4.01. The Bertz CT molecular complexity index is 1260. The summed E-state index contributed by atoms with van der Waals surface area (Å²) in [6.07, 6.45) is 4.23. The van der Waals surface area contributed by atoms with Crippen LogP contribution in [0.15, 0.2) is 72.8 Å². The van der Waals surface area contributed by atoms with Crippen LogP contribution < -0.4 is 10.1 Å². The fraction of sp³-hybridized carbons (Fsp3) is 0.355. The van der Waals surface area contributed by atoms with Crippen LogP contribution in [0.4, 0.5) is 4.39 Å². The molecule has 5 rings (SSSR count). The number of hydrogen-bond acceptors (Lipinski definition) is 3. The first kappa shape index (κ1) is 25.0. The molecule has 3 aromatic rings. The molecule has 6 heteroatoms. The first-order chi connectivity index (χ1) is 18.0. The predicted octanol–water partition coefficient (Wildman–Crippen LogP) is 5.57. The third-order valence-electron chi connectivity index (χ3n) is 7.49. The lowest BCUT2D eigenvalue weighted by molar-refractivity contribution is -0.137. The lowest BCUT2D eigenvalue weighted by Crippen LogP contribution is -2.43. The number of hydrogen-bond donors (Lipinski definition) is 1. The van der Waals surface area contributed by atoms with Crippen LogP contribution in [0.3, 0.4) is 0 Å². The molecule has 0 bridgehead atoms. The first-order valence-electron chi connectivity index (χ1n) is 13.2. The van der Waals surface area contributed by atoms with E-state index in [9.17, 15) is 14.0 Å². The number of amides is 2. The van der Waals surface area contributed by atoms with Gasteiger partial charge in [-0.15, -0.1) is 0 Å². The highest BCUT2D eigenvalue weighted by Crippen LogP contribution is 2.39. The molecular formula is C31H33FN2O3. The number of halogens is 1. The third kappa shape index (κ3) is 5.68. The van der Waals surface area contributed by atoms with Crippen molar-refractivity contribution < 1.29 is 18.7 Å². The summed E-state index contributed by atoms with van der Waals surface area (Å²) >= 11 is 0. The van der Waals surface area contributed by atoms with Crippen molar-refractivity contribution in [2.45, 2.75) is 57.7 Å². The van der Waals surface area contributed by atoms with Gasteiger partial charge in [0.2, 0.25) is 5.91 Å². The van der Waals surface area contributed by atoms with Gasteiger partial charge in [-0.05, 0) is 72.7 Å². The highest BCUT2D eigenvalue weighted by atomic mass is 19.1. The highest BCUT2D eigenvalue weighted by molar-refractivity contribution is 5.81. The van der Waals surface area contributed by atoms with E-state index in [1.807, 2.05) is 35.2 Å². The number of nitrogens with zero attached hydrogens (tertiary/aromatic N) is 1. The number of carbonyl (C=O) groups is 2. The van der Waals surface area contributed by atoms with Gasteiger partial charge in [0.25, 0.3) is 5.91 Å². The second-order valence-electron chi connectivity index (χ2n) is 10.0. The Kier molecular flexibility index (Phi) is 7.54. The minimum Gasteiger partial charge on any atom is -0.481 e. The number of fused-ring (bicyclic) bond motifs is 1. The molecule has 0 spiro atoms. The smallest absolute Gasteiger partial charge is 0.261 e. The molecule has 2 atom stereocenters. The molecule has 192 valence electrons. The Hall–Kier alpha value is -3.67. The zero-order chi connectivity index (χ0) is 25.8. The molecule has 5 nitrogen and oxygen atoms in total. The summed E-state index contributed by atoms with van der Waals surface area (Å²) in [5.74, 6) is 0.323. The van der Waals surface area contributed by atoms with Crippen LogP contribution in [-0.2, 0) is 22.6 Å². The van der Waals surface area contributed by atoms with Gasteiger partial charge in [0.15, 0.2) is 6.10 Å². The molecular weight excluding hydrogens is 467 g/mol. The maximum absolute atomic E-state index is 13.6. The van der Waals surface area contributed by atoms with Crippen LogP contribution in [0, 0.1) is 11.7 Å². The molecule has 1 saturated carbocycles. The van der Waals surface area contributed by atoms with E-state index < -0.39 is 6.10 Å². The van der Waals surface area contributed by atoms with Gasteiger partial charge in [-0.1, -0.05) is 61.4 Å². The molecule has 0 saturated heterocycles. The molecule has 2 aliphatic rings. The standard InChI is InChI=1S/C31H33FN2O3/c1-21(30(35)33-20-22-8-7-13-26(32)18-22)37-27-15-14-23-16-17-34(31(36)25-11-5-6-12-25)29(28(23)19-27)24-9-3-2-4-10-24/h2-4,7-10,13-15,18-19,21,25,29H,5-6,11-12,16-17,20H2,1H3,(H,33,35)/t21-,29+/m0/s1. The van der Waals surface area contributed by atoms with E-state index in [0.29, 0.717) is 17.9 Å². The van der Waals surface area contributed by atoms with Gasteiger partial charge >= 0.3 is 0 Å². The molecule has 0 aromatic heterocycles. The largest absolute Gasteiger partial charge is 0.481 e. The minimum absolute atomic E-state index is 0.106. The van der Waals surface area contributed by atoms with Crippen molar-refractivity contribution in [2.75, 3.05) is 6.54 Å². The molecule has 3 aromatic carbocycles. The lowest BCUT2D eigenvalue weighted by Gasteiger charge is -2.39. The topological polar surface area (TPSA) is 58.6 Å². The molecule has 0 unspecified atom stereocenters. The van der Waals surface area contributed by atoms with Gasteiger partial charge in [0.1, 0.15) is 11.6 Å². The Morgan fingerprint density at radius 2 is 1.81 bits per heavy atom. The Morgan fingerprint density at radius 1 is 1.03 bits per heavy atom. The van der Waals surface area contributed by atoms with E-state index in [2.05, 4.69) is 23.5 Å². The first-order valence-corrected chi connectivity index (χ1v) is 13.2. The van der Waals surface area contributed by atoms with Crippen molar-refractivity contribution >= 4 is 11.8 Å². The fourth-order valence-corrected chi connectivity index (χ4v) is 5.54. The predicted molar refractivity (Wildman–Crippen MR) is 140 cm³/mol. The monoisotopic (exact) mass is 500 g/mol. The van der Waals surface area contributed by atoms with Crippen LogP contribution in [0.2, 0.25) is 0 Å². The number of ether oxygens (including phenoxy) is 1. The average molecular weight is 501 g/mol. The molecule has 1 aliphatic heterocycles. The molecule has 1 N–H and O–H groups in total. The van der Waals surface area contributed by atoms with Crippen molar-refractivity contribution in [1.29, 1.82) is 0 Å². The summed E-state index contributed by atoms with van der Waals surface area (Å²) < 4.78 is 19.5. The second kappa shape index (κ2) is 11.2. The summed E-state index contributed by atoms with van der Waals surface area (Å²) in [5, 5.41) is 2.81. The number of benzene rings is 3. The maximum atomic E-state index is 13.6. The maximum Gasteiger partial charge on any atom is 0.261 e. The summed E-state index contributed by atoms with van der Waals surface area (Å²) in [4.78, 5) is 28.3. The van der Waals surface area contributed by atoms with Crippen LogP contribution in [0.5, 0.6) is 5.75 Å². The molecule has 1 fully saturated rings. The van der Waals surface area contributed by atoms with Crippen molar-refractivity contribution in [2.24, 2.45) is 5.92 Å². The zero-order valence-electron chi connectivity index (χ0n) is 21.2. The van der Waals surface area contributed by atoms with E-state index in [1.165, 1.54) is 17.7 Å². The van der Waals surface area contributed by atoms with E-state index in [1.54, 1.807) is 19.1 Å². The molecule has 2 amide bonds. The Morgan fingerprint density at radius 3 is 2.57 bits per heavy atom. The van der Waals surface area contributed by atoms with Crippen molar-refractivity contribution in [1.82, 2.24) is 10.2 Å². The SMILES string of the molecule is C[C@H](Oc1ccc2c(c1)[C@@H](c1ccccc1)N(C(=O)C1CCCC1)CC2)C(=O)NCc1cccc(F)c1. The van der Waals surface area contributed by atoms with Gasteiger partial charge in [0, 0.05) is 19.0 Å². The van der Waals surface area contributed by atoms with Gasteiger partial charge in [-0.25, -0.2) is 4.39 Å². The third-order valence-corrected chi connectivity index (χ3v) is 7.49. The van der Waals surface area contributed by atoms with Gasteiger partial charge in [-0.2, -0.15) is 0 Å². The normalized spacial score (nSPS) is 18.2. The Labute approximate surface area is 217 Å². The van der Waals surface area contributed by atoms with E-state index in [0.717, 1.165) is 43.2 Å². The van der Waals surface area contributed by atoms with E-state index in [4.69, 9.17) is 4.74 Å². The van der Waals surface area contributed by atoms with Crippen molar-refractivity contribution in [3.63, 3.8) is 0 Å². The van der Waals surface area contributed by atoms with E-state index in [-0.39, 0.29) is 36.1 Å². The molecule has 1 aliphatic carbocycles. The zero-order valence-corrected chi connectivity index (χ0v) is 21.2. The Balaban J connectivity index is 1.35. The number of carbonyl (C=O) groups excluding carboxylic acids is 2. The van der Waals surface area contributed by atoms with Crippen molar-refractivity contribution in [3.05, 3.63) is 101 Å². The van der Waals surface area contributed by atoms with Gasteiger partial charge in [0.05, 0.1) is 6.04 Å². The average Bonchev–Trinajstić information content (AvgIpc) is 3.46. The van der Waals surface area contributed by atoms with Gasteiger partial charge < -0.3 is 15.0 Å². The van der Waals surface area contributed by atoms with Gasteiger partial charge in [-0.3, -0.25) is 9.59 Å².